The SMILES string of the molecule is CC1(C)c2cc3ccccc3cc2-c2c(-c3ccccc3-c3cc(-c4cccc5c4oc4ccccc45)nc(-c4ccccc4)n3)cccc21. The van der Waals surface area contributed by atoms with Crippen LogP contribution in [0.25, 0.3) is 88.9 Å². The number of para-hydroxylation sites is 2. The van der Waals surface area contributed by atoms with E-state index in [0.717, 1.165) is 55.6 Å². The first-order valence-corrected chi connectivity index (χ1v) is 17.2. The largest absolute Gasteiger partial charge is 0.455 e. The van der Waals surface area contributed by atoms with Crippen molar-refractivity contribution in [1.29, 1.82) is 0 Å². The second-order valence-electron chi connectivity index (χ2n) is 13.8. The molecule has 0 N–H and O–H groups in total. The molecule has 0 spiro atoms. The molecule has 10 rings (SSSR count). The van der Waals surface area contributed by atoms with Gasteiger partial charge in [-0.3, -0.25) is 0 Å². The Balaban J connectivity index is 1.22. The molecule has 0 amide bonds. The van der Waals surface area contributed by atoms with Gasteiger partial charge in [0.1, 0.15) is 11.2 Å². The van der Waals surface area contributed by atoms with E-state index in [-0.39, 0.29) is 5.41 Å². The molecule has 3 heteroatoms. The van der Waals surface area contributed by atoms with Crippen LogP contribution in [0.3, 0.4) is 0 Å². The van der Waals surface area contributed by atoms with Gasteiger partial charge in [0.05, 0.1) is 11.4 Å². The first-order valence-electron chi connectivity index (χ1n) is 17.2. The molecule has 2 aromatic heterocycles. The molecular weight excluding hydrogens is 609 g/mol. The molecule has 3 nitrogen and oxygen atoms in total. The highest BCUT2D eigenvalue weighted by Gasteiger charge is 2.37. The van der Waals surface area contributed by atoms with Crippen molar-refractivity contribution in [2.45, 2.75) is 19.3 Å². The Morgan fingerprint density at radius 1 is 0.460 bits per heavy atom. The van der Waals surface area contributed by atoms with Gasteiger partial charge >= 0.3 is 0 Å². The smallest absolute Gasteiger partial charge is 0.160 e. The monoisotopic (exact) mass is 640 g/mol. The van der Waals surface area contributed by atoms with Crippen molar-refractivity contribution in [3.05, 3.63) is 169 Å². The summed E-state index contributed by atoms with van der Waals surface area (Å²) in [6.45, 7) is 4.70. The standard InChI is InChI=1S/C47H32N2O/c1-47(2)39-24-13-21-35(44(39)38-26-30-16-6-7-17-31(30)27-40(38)47)32-18-8-9-19-33(32)41-28-42(49-46(48-41)29-14-4-3-5-15-29)37-23-12-22-36-34-20-10-11-25-43(34)50-45(36)37/h3-28H,1-2H3. The topological polar surface area (TPSA) is 38.9 Å². The number of nitrogens with zero attached hydrogens (tertiary/aromatic N) is 2. The molecule has 0 saturated carbocycles. The lowest BCUT2D eigenvalue weighted by Crippen LogP contribution is -2.14. The third-order valence-corrected chi connectivity index (χ3v) is 10.5. The second-order valence-corrected chi connectivity index (χ2v) is 13.8. The maximum Gasteiger partial charge on any atom is 0.160 e. The molecule has 0 fully saturated rings. The lowest BCUT2D eigenvalue weighted by Gasteiger charge is -2.22. The third-order valence-electron chi connectivity index (χ3n) is 10.5. The minimum atomic E-state index is -0.131. The lowest BCUT2D eigenvalue weighted by atomic mass is 9.81. The van der Waals surface area contributed by atoms with Gasteiger partial charge < -0.3 is 4.42 Å². The molecule has 9 aromatic rings. The lowest BCUT2D eigenvalue weighted by molar-refractivity contribution is 0.661. The van der Waals surface area contributed by atoms with Crippen molar-refractivity contribution in [2.24, 2.45) is 0 Å². The molecular formula is C47H32N2O. The first kappa shape index (κ1) is 28.7. The molecule has 1 aliphatic carbocycles. The Hall–Kier alpha value is -6.32. The zero-order chi connectivity index (χ0) is 33.4. The van der Waals surface area contributed by atoms with Gasteiger partial charge in [-0.05, 0) is 74.5 Å². The summed E-state index contributed by atoms with van der Waals surface area (Å²) in [4.78, 5) is 10.5. The number of furan rings is 1. The molecule has 7 aromatic carbocycles. The quantitative estimate of drug-likeness (QED) is 0.192. The molecule has 0 aliphatic heterocycles. The predicted octanol–water partition coefficient (Wildman–Crippen LogP) is 12.5. The molecule has 0 atom stereocenters. The van der Waals surface area contributed by atoms with Crippen molar-refractivity contribution < 1.29 is 4.42 Å². The molecule has 50 heavy (non-hydrogen) atoms. The average Bonchev–Trinajstić information content (AvgIpc) is 3.66. The Kier molecular flexibility index (Phi) is 6.22. The summed E-state index contributed by atoms with van der Waals surface area (Å²) in [6, 6.07) is 55.8. The van der Waals surface area contributed by atoms with E-state index in [1.54, 1.807) is 0 Å². The highest BCUT2D eigenvalue weighted by atomic mass is 16.3. The van der Waals surface area contributed by atoms with Crippen molar-refractivity contribution >= 4 is 32.7 Å². The van der Waals surface area contributed by atoms with E-state index < -0.39 is 0 Å². The first-order chi connectivity index (χ1) is 24.5. The average molecular weight is 641 g/mol. The summed E-state index contributed by atoms with van der Waals surface area (Å²) in [5.41, 5.74) is 13.9. The number of benzene rings is 7. The molecule has 0 unspecified atom stereocenters. The highest BCUT2D eigenvalue weighted by molar-refractivity contribution is 6.09. The zero-order valence-electron chi connectivity index (χ0n) is 27.8. The van der Waals surface area contributed by atoms with Crippen LogP contribution in [0.5, 0.6) is 0 Å². The minimum Gasteiger partial charge on any atom is -0.455 e. The van der Waals surface area contributed by atoms with Crippen LogP contribution >= 0.6 is 0 Å². The summed E-state index contributed by atoms with van der Waals surface area (Å²) in [5, 5.41) is 4.70. The summed E-state index contributed by atoms with van der Waals surface area (Å²) >= 11 is 0. The highest BCUT2D eigenvalue weighted by Crippen LogP contribution is 2.54. The van der Waals surface area contributed by atoms with Crippen LogP contribution in [0.2, 0.25) is 0 Å². The molecule has 1 aliphatic rings. The van der Waals surface area contributed by atoms with Gasteiger partial charge in [-0.25, -0.2) is 9.97 Å². The van der Waals surface area contributed by atoms with E-state index in [4.69, 9.17) is 14.4 Å². The van der Waals surface area contributed by atoms with Gasteiger partial charge in [0.2, 0.25) is 0 Å². The maximum atomic E-state index is 6.50. The second kappa shape index (κ2) is 10.8. The van der Waals surface area contributed by atoms with Crippen LogP contribution in [0, 0.1) is 0 Å². The molecule has 0 radical (unpaired) electrons. The number of rotatable bonds is 4. The fourth-order valence-corrected chi connectivity index (χ4v) is 8.03. The number of aromatic nitrogens is 2. The van der Waals surface area contributed by atoms with E-state index in [1.807, 2.05) is 30.3 Å². The van der Waals surface area contributed by atoms with Gasteiger partial charge in [-0.1, -0.05) is 141 Å². The van der Waals surface area contributed by atoms with Gasteiger partial charge in [0.25, 0.3) is 0 Å². The number of hydrogen-bond acceptors (Lipinski definition) is 3. The molecule has 2 heterocycles. The van der Waals surface area contributed by atoms with Crippen LogP contribution < -0.4 is 0 Å². The van der Waals surface area contributed by atoms with Crippen molar-refractivity contribution in [3.8, 4) is 56.2 Å². The van der Waals surface area contributed by atoms with E-state index in [1.165, 1.54) is 38.6 Å². The maximum absolute atomic E-state index is 6.50. The Morgan fingerprint density at radius 3 is 1.92 bits per heavy atom. The fraction of sp³-hybridized carbons (Fsp3) is 0.0638. The number of hydrogen-bond donors (Lipinski definition) is 0. The van der Waals surface area contributed by atoms with Gasteiger partial charge in [0, 0.05) is 32.9 Å². The Morgan fingerprint density at radius 2 is 1.08 bits per heavy atom. The van der Waals surface area contributed by atoms with Crippen molar-refractivity contribution in [3.63, 3.8) is 0 Å². The van der Waals surface area contributed by atoms with Crippen LogP contribution in [0.1, 0.15) is 25.0 Å². The third kappa shape index (κ3) is 4.30. The zero-order valence-corrected chi connectivity index (χ0v) is 27.8. The summed E-state index contributed by atoms with van der Waals surface area (Å²) in [7, 11) is 0. The fourth-order valence-electron chi connectivity index (χ4n) is 8.03. The number of fused-ring (bicyclic) bond motifs is 7. The van der Waals surface area contributed by atoms with Crippen LogP contribution in [0.4, 0.5) is 0 Å². The summed E-state index contributed by atoms with van der Waals surface area (Å²) in [6.07, 6.45) is 0. The van der Waals surface area contributed by atoms with Gasteiger partial charge in [0.15, 0.2) is 5.82 Å². The molecule has 0 saturated heterocycles. The van der Waals surface area contributed by atoms with Crippen molar-refractivity contribution in [1.82, 2.24) is 9.97 Å². The van der Waals surface area contributed by atoms with E-state index in [9.17, 15) is 0 Å². The van der Waals surface area contributed by atoms with Gasteiger partial charge in [-0.2, -0.15) is 0 Å². The van der Waals surface area contributed by atoms with Crippen LogP contribution in [-0.2, 0) is 5.41 Å². The van der Waals surface area contributed by atoms with Gasteiger partial charge in [-0.15, -0.1) is 0 Å². The normalized spacial score (nSPS) is 13.2. The van der Waals surface area contributed by atoms with E-state index in [2.05, 4.69) is 141 Å². The molecule has 0 bridgehead atoms. The van der Waals surface area contributed by atoms with E-state index in [0.29, 0.717) is 5.82 Å². The Bertz CT molecular complexity index is 2790. The molecule has 236 valence electrons. The van der Waals surface area contributed by atoms with Crippen LogP contribution in [-0.4, -0.2) is 9.97 Å². The van der Waals surface area contributed by atoms with Crippen molar-refractivity contribution in [2.75, 3.05) is 0 Å². The Labute approximate surface area is 290 Å². The van der Waals surface area contributed by atoms with Crippen LogP contribution in [0.15, 0.2) is 162 Å². The summed E-state index contributed by atoms with van der Waals surface area (Å²) in [5.74, 6) is 0.678. The predicted molar refractivity (Wildman–Crippen MR) is 206 cm³/mol. The van der Waals surface area contributed by atoms with E-state index >= 15 is 0 Å². The summed E-state index contributed by atoms with van der Waals surface area (Å²) < 4.78 is 6.50. The minimum absolute atomic E-state index is 0.131.